The lowest BCUT2D eigenvalue weighted by Gasteiger charge is -2.26. The molecule has 4 rings (SSSR count). The van der Waals surface area contributed by atoms with Gasteiger partial charge in [-0.2, -0.15) is 4.31 Å². The van der Waals surface area contributed by atoms with Crippen LogP contribution < -0.4 is 16.2 Å². The molecule has 2 amide bonds. The summed E-state index contributed by atoms with van der Waals surface area (Å²) in [5, 5.41) is 5.74. The van der Waals surface area contributed by atoms with E-state index >= 15 is 0 Å². The topological polar surface area (TPSA) is 138 Å². The maximum atomic E-state index is 13.3. The van der Waals surface area contributed by atoms with Gasteiger partial charge in [-0.15, -0.1) is 0 Å². The Labute approximate surface area is 202 Å². The highest BCUT2D eigenvalue weighted by atomic mass is 32.2. The lowest BCUT2D eigenvalue weighted by molar-refractivity contribution is 0.0730. The van der Waals surface area contributed by atoms with E-state index in [1.54, 1.807) is 24.3 Å². The number of hydrogen-bond acceptors (Lipinski definition) is 6. The van der Waals surface area contributed by atoms with Crippen LogP contribution >= 0.6 is 0 Å². The predicted molar refractivity (Wildman–Crippen MR) is 131 cm³/mol. The minimum absolute atomic E-state index is 0.00436. The van der Waals surface area contributed by atoms with Gasteiger partial charge in [0.25, 0.3) is 11.8 Å². The van der Waals surface area contributed by atoms with Crippen LogP contribution in [0, 0.1) is 0 Å². The van der Waals surface area contributed by atoms with Crippen molar-refractivity contribution in [1.29, 1.82) is 0 Å². The molecule has 184 valence electrons. The van der Waals surface area contributed by atoms with Crippen molar-refractivity contribution in [1.82, 2.24) is 14.6 Å². The number of nitrogens with zero attached hydrogens (tertiary/aromatic N) is 1. The molecule has 0 radical (unpaired) electrons. The van der Waals surface area contributed by atoms with Crippen LogP contribution in [-0.2, 0) is 14.8 Å². The van der Waals surface area contributed by atoms with Gasteiger partial charge < -0.3 is 20.4 Å². The number of carbonyl (C=O) groups is 2. The minimum Gasteiger partial charge on any atom is -0.379 e. The third-order valence-electron chi connectivity index (χ3n) is 5.51. The number of amides is 2. The first-order valence-electron chi connectivity index (χ1n) is 11.1. The van der Waals surface area contributed by atoms with Gasteiger partial charge in [-0.05, 0) is 44.2 Å². The summed E-state index contributed by atoms with van der Waals surface area (Å²) in [5.74, 6) is -1.00. The van der Waals surface area contributed by atoms with E-state index in [2.05, 4.69) is 15.6 Å². The van der Waals surface area contributed by atoms with Crippen molar-refractivity contribution in [2.45, 2.75) is 24.8 Å². The van der Waals surface area contributed by atoms with Crippen LogP contribution in [0.3, 0.4) is 0 Å². The molecule has 35 heavy (non-hydrogen) atoms. The fraction of sp³-hybridized carbons (Fsp3) is 0.292. The molecule has 0 atom stereocenters. The van der Waals surface area contributed by atoms with Gasteiger partial charge in [0, 0.05) is 36.1 Å². The van der Waals surface area contributed by atoms with Crippen molar-refractivity contribution in [2.75, 3.05) is 31.6 Å². The molecule has 0 unspecified atom stereocenters. The number of anilines is 1. The molecule has 1 aliphatic heterocycles. The van der Waals surface area contributed by atoms with Crippen LogP contribution in [0.5, 0.6) is 0 Å². The number of benzene rings is 2. The normalized spacial score (nSPS) is 14.7. The molecule has 1 saturated heterocycles. The van der Waals surface area contributed by atoms with Crippen molar-refractivity contribution in [3.63, 3.8) is 0 Å². The largest absolute Gasteiger partial charge is 0.379 e. The Kier molecular flexibility index (Phi) is 7.01. The number of pyridine rings is 1. The molecule has 2 aromatic carbocycles. The quantitative estimate of drug-likeness (QED) is 0.475. The molecule has 1 fully saturated rings. The number of aromatic nitrogens is 1. The lowest BCUT2D eigenvalue weighted by Crippen LogP contribution is -2.40. The van der Waals surface area contributed by atoms with Crippen molar-refractivity contribution in [3.05, 3.63) is 70.0 Å². The highest BCUT2D eigenvalue weighted by Crippen LogP contribution is 2.25. The number of ether oxygens (including phenoxy) is 1. The molecule has 1 aliphatic rings. The molecule has 0 saturated carbocycles. The summed E-state index contributed by atoms with van der Waals surface area (Å²) in [7, 11) is -3.82. The minimum atomic E-state index is -3.82. The van der Waals surface area contributed by atoms with Gasteiger partial charge in [0.2, 0.25) is 15.6 Å². The monoisotopic (exact) mass is 498 g/mol. The molecule has 11 heteroatoms. The lowest BCUT2D eigenvalue weighted by atomic mass is 10.1. The molecule has 3 aromatic rings. The smallest absolute Gasteiger partial charge is 0.256 e. The zero-order valence-electron chi connectivity index (χ0n) is 19.3. The van der Waals surface area contributed by atoms with Crippen molar-refractivity contribution in [2.24, 2.45) is 0 Å². The molecule has 3 N–H and O–H groups in total. The Hall–Kier alpha value is -3.54. The predicted octanol–water partition coefficient (Wildman–Crippen LogP) is 1.94. The van der Waals surface area contributed by atoms with Crippen LogP contribution in [0.4, 0.5) is 5.69 Å². The maximum absolute atomic E-state index is 13.3. The number of aromatic amines is 1. The second kappa shape index (κ2) is 9.98. The number of sulfonamides is 1. The van der Waals surface area contributed by atoms with Gasteiger partial charge in [-0.1, -0.05) is 12.1 Å². The van der Waals surface area contributed by atoms with E-state index in [1.165, 1.54) is 22.5 Å². The average molecular weight is 499 g/mol. The highest BCUT2D eigenvalue weighted by Gasteiger charge is 2.27. The number of fused-ring (bicyclic) bond motifs is 1. The van der Waals surface area contributed by atoms with Crippen LogP contribution in [0.25, 0.3) is 10.9 Å². The zero-order chi connectivity index (χ0) is 25.2. The second-order valence-electron chi connectivity index (χ2n) is 8.40. The van der Waals surface area contributed by atoms with Crippen molar-refractivity contribution >= 4 is 38.4 Å². The number of nitrogens with one attached hydrogen (secondary N) is 3. The number of morpholine rings is 1. The van der Waals surface area contributed by atoms with Gasteiger partial charge >= 0.3 is 0 Å². The van der Waals surface area contributed by atoms with E-state index in [0.717, 1.165) is 6.07 Å². The van der Waals surface area contributed by atoms with E-state index in [4.69, 9.17) is 4.74 Å². The van der Waals surface area contributed by atoms with Crippen LogP contribution in [-0.4, -0.2) is 61.9 Å². The van der Waals surface area contributed by atoms with Crippen LogP contribution in [0.15, 0.2) is 58.2 Å². The Morgan fingerprint density at radius 2 is 1.71 bits per heavy atom. The van der Waals surface area contributed by atoms with E-state index < -0.39 is 21.5 Å². The molecule has 0 spiro atoms. The number of carbonyl (C=O) groups excluding carboxylic acids is 2. The number of hydrogen-bond donors (Lipinski definition) is 3. The summed E-state index contributed by atoms with van der Waals surface area (Å²) < 4.78 is 32.8. The van der Waals surface area contributed by atoms with Crippen LogP contribution in [0.2, 0.25) is 0 Å². The van der Waals surface area contributed by atoms with Crippen molar-refractivity contribution in [3.8, 4) is 0 Å². The van der Waals surface area contributed by atoms with Gasteiger partial charge in [0.15, 0.2) is 0 Å². The molecular formula is C24H26N4O6S. The first-order chi connectivity index (χ1) is 16.7. The Bertz CT molecular complexity index is 1440. The summed E-state index contributed by atoms with van der Waals surface area (Å²) in [5.41, 5.74) is 0.314. The van der Waals surface area contributed by atoms with E-state index in [1.807, 2.05) is 13.8 Å². The molecule has 10 nitrogen and oxygen atoms in total. The van der Waals surface area contributed by atoms with Gasteiger partial charge in [-0.3, -0.25) is 14.4 Å². The SMILES string of the molecule is CC(C)NC(=O)c1ccccc1NC(=O)c1cc(=O)[nH]c2ccc(S(=O)(=O)N3CCOCC3)cc12. The first kappa shape index (κ1) is 24.6. The van der Waals surface area contributed by atoms with Crippen molar-refractivity contribution < 1.29 is 22.7 Å². The van der Waals surface area contributed by atoms with Gasteiger partial charge in [0.1, 0.15) is 0 Å². The van der Waals surface area contributed by atoms with Gasteiger partial charge in [0.05, 0.1) is 34.9 Å². The third kappa shape index (κ3) is 5.26. The maximum Gasteiger partial charge on any atom is 0.256 e. The zero-order valence-corrected chi connectivity index (χ0v) is 20.1. The highest BCUT2D eigenvalue weighted by molar-refractivity contribution is 7.89. The van der Waals surface area contributed by atoms with E-state index in [-0.39, 0.29) is 52.1 Å². The molecule has 1 aromatic heterocycles. The summed E-state index contributed by atoms with van der Waals surface area (Å²) >= 11 is 0. The summed E-state index contributed by atoms with van der Waals surface area (Å²) in [4.78, 5) is 40.7. The number of H-pyrrole nitrogens is 1. The summed E-state index contributed by atoms with van der Waals surface area (Å²) in [6, 6.07) is 11.8. The van der Waals surface area contributed by atoms with Crippen LogP contribution in [0.1, 0.15) is 34.6 Å². The van der Waals surface area contributed by atoms with E-state index in [0.29, 0.717) is 18.7 Å². The Balaban J connectivity index is 1.73. The average Bonchev–Trinajstić information content (AvgIpc) is 2.83. The standard InChI is InChI=1S/C24H26N4O6S/c1-15(2)25-23(30)17-5-3-4-6-20(17)27-24(31)19-14-22(29)26-21-8-7-16(13-18(19)21)35(32,33)28-9-11-34-12-10-28/h3-8,13-15H,9-12H2,1-2H3,(H,25,30)(H,26,29)(H,27,31). The summed E-state index contributed by atoms with van der Waals surface area (Å²) in [6.45, 7) is 4.71. The Morgan fingerprint density at radius 3 is 2.43 bits per heavy atom. The molecular weight excluding hydrogens is 472 g/mol. The number of rotatable bonds is 6. The fourth-order valence-electron chi connectivity index (χ4n) is 3.84. The first-order valence-corrected chi connectivity index (χ1v) is 12.6. The number of para-hydroxylation sites is 1. The van der Waals surface area contributed by atoms with Gasteiger partial charge in [-0.25, -0.2) is 8.42 Å². The Morgan fingerprint density at radius 1 is 1.00 bits per heavy atom. The second-order valence-corrected chi connectivity index (χ2v) is 10.3. The molecule has 0 aliphatic carbocycles. The van der Waals surface area contributed by atoms with E-state index in [9.17, 15) is 22.8 Å². The molecule has 0 bridgehead atoms. The summed E-state index contributed by atoms with van der Waals surface area (Å²) in [6.07, 6.45) is 0. The molecule has 2 heterocycles. The fourth-order valence-corrected chi connectivity index (χ4v) is 5.27. The third-order valence-corrected chi connectivity index (χ3v) is 7.40.